The zero-order chi connectivity index (χ0) is 24.6. The summed E-state index contributed by atoms with van der Waals surface area (Å²) in [6, 6.07) is 7.80. The Bertz CT molecular complexity index is 1090. The third-order valence-corrected chi connectivity index (χ3v) is 5.38. The molecule has 0 atom stereocenters. The summed E-state index contributed by atoms with van der Waals surface area (Å²) in [5, 5.41) is 3.71. The summed E-state index contributed by atoms with van der Waals surface area (Å²) < 4.78 is 49.0. The lowest BCUT2D eigenvalue weighted by Crippen LogP contribution is -2.27. The minimum atomic E-state index is -3.92. The molecule has 2 rings (SSSR count). The van der Waals surface area contributed by atoms with E-state index in [1.165, 1.54) is 46.6 Å². The summed E-state index contributed by atoms with van der Waals surface area (Å²) in [6.45, 7) is 0.160. The van der Waals surface area contributed by atoms with Crippen molar-refractivity contribution in [1.82, 2.24) is 4.90 Å². The number of benzene rings is 2. The number of ether oxygens (including phenoxy) is 4. The standard InChI is InChI=1S/C22H29N3O7S/c1-25(2)14-22(26)23-18-11-15(7-8-19(18)30-4)24-33(27,28)10-9-17-20(31-5)12-16(29-3)13-21(17)32-6/h7-13,24H,14H2,1-6H3,(H,23,26)/b10-9+. The molecule has 11 heteroatoms. The summed E-state index contributed by atoms with van der Waals surface area (Å²) in [5.74, 6) is 1.40. The van der Waals surface area contributed by atoms with Crippen LogP contribution in [0.4, 0.5) is 11.4 Å². The van der Waals surface area contributed by atoms with Crippen molar-refractivity contribution in [3.8, 4) is 23.0 Å². The van der Waals surface area contributed by atoms with Gasteiger partial charge in [0.1, 0.15) is 23.0 Å². The molecule has 1 amide bonds. The number of nitrogens with one attached hydrogen (secondary N) is 2. The minimum absolute atomic E-state index is 0.160. The Morgan fingerprint density at radius 3 is 2.06 bits per heavy atom. The third-order valence-electron chi connectivity index (χ3n) is 4.36. The first kappa shape index (κ1) is 25.8. The van der Waals surface area contributed by atoms with E-state index in [-0.39, 0.29) is 18.1 Å². The second-order valence-corrected chi connectivity index (χ2v) is 8.66. The molecule has 0 aliphatic carbocycles. The molecule has 2 aromatic carbocycles. The van der Waals surface area contributed by atoms with Crippen LogP contribution in [-0.4, -0.2) is 68.3 Å². The Labute approximate surface area is 194 Å². The molecule has 2 N–H and O–H groups in total. The van der Waals surface area contributed by atoms with Crippen molar-refractivity contribution in [2.24, 2.45) is 0 Å². The van der Waals surface area contributed by atoms with Gasteiger partial charge in [-0.05, 0) is 38.4 Å². The summed E-state index contributed by atoms with van der Waals surface area (Å²) >= 11 is 0. The van der Waals surface area contributed by atoms with Crippen LogP contribution in [0.5, 0.6) is 23.0 Å². The zero-order valence-electron chi connectivity index (χ0n) is 19.5. The zero-order valence-corrected chi connectivity index (χ0v) is 20.3. The van der Waals surface area contributed by atoms with E-state index in [0.29, 0.717) is 34.2 Å². The number of hydrogen-bond donors (Lipinski definition) is 2. The molecule has 10 nitrogen and oxygen atoms in total. The molecule has 0 radical (unpaired) electrons. The molecular formula is C22H29N3O7S. The number of rotatable bonds is 11. The van der Waals surface area contributed by atoms with Gasteiger partial charge in [0.25, 0.3) is 10.0 Å². The Balaban J connectivity index is 2.30. The second-order valence-electron chi connectivity index (χ2n) is 7.10. The van der Waals surface area contributed by atoms with Gasteiger partial charge in [0.2, 0.25) is 5.91 Å². The van der Waals surface area contributed by atoms with Crippen LogP contribution in [0, 0.1) is 0 Å². The fourth-order valence-corrected chi connectivity index (χ4v) is 3.74. The van der Waals surface area contributed by atoms with Crippen molar-refractivity contribution >= 4 is 33.4 Å². The maximum Gasteiger partial charge on any atom is 0.255 e. The SMILES string of the molecule is COc1cc(OC)c(/C=C/S(=O)(=O)Nc2ccc(OC)c(NC(=O)CN(C)C)c2)c(OC)c1. The highest BCUT2D eigenvalue weighted by Crippen LogP contribution is 2.35. The second kappa shape index (κ2) is 11.4. The van der Waals surface area contributed by atoms with Crippen molar-refractivity contribution in [2.45, 2.75) is 0 Å². The van der Waals surface area contributed by atoms with E-state index in [1.54, 1.807) is 37.2 Å². The Kier molecular flexibility index (Phi) is 8.94. The molecule has 0 fully saturated rings. The topological polar surface area (TPSA) is 115 Å². The van der Waals surface area contributed by atoms with Crippen LogP contribution in [0.1, 0.15) is 5.56 Å². The highest BCUT2D eigenvalue weighted by molar-refractivity contribution is 7.95. The van der Waals surface area contributed by atoms with Crippen molar-refractivity contribution in [3.63, 3.8) is 0 Å². The van der Waals surface area contributed by atoms with Crippen molar-refractivity contribution in [3.05, 3.63) is 41.3 Å². The highest BCUT2D eigenvalue weighted by Gasteiger charge is 2.15. The molecule has 33 heavy (non-hydrogen) atoms. The predicted octanol–water partition coefficient (Wildman–Crippen LogP) is 2.63. The molecule has 0 heterocycles. The maximum atomic E-state index is 12.7. The molecule has 180 valence electrons. The number of nitrogens with zero attached hydrogens (tertiary/aromatic N) is 1. The van der Waals surface area contributed by atoms with Gasteiger partial charge in [-0.1, -0.05) is 0 Å². The van der Waals surface area contributed by atoms with Gasteiger partial charge in [-0.3, -0.25) is 9.52 Å². The number of hydrogen-bond acceptors (Lipinski definition) is 8. The molecule has 0 aliphatic rings. The van der Waals surface area contributed by atoms with Gasteiger partial charge in [-0.15, -0.1) is 0 Å². The molecule has 0 bridgehead atoms. The van der Waals surface area contributed by atoms with Crippen molar-refractivity contribution in [1.29, 1.82) is 0 Å². The first-order chi connectivity index (χ1) is 15.6. The lowest BCUT2D eigenvalue weighted by atomic mass is 10.1. The molecule has 0 saturated heterocycles. The summed E-state index contributed by atoms with van der Waals surface area (Å²) in [4.78, 5) is 13.8. The van der Waals surface area contributed by atoms with Crippen LogP contribution in [0.15, 0.2) is 35.7 Å². The number of likely N-dealkylation sites (N-methyl/N-ethyl adjacent to an activating group) is 1. The van der Waals surface area contributed by atoms with Gasteiger partial charge in [-0.25, -0.2) is 8.42 Å². The smallest absolute Gasteiger partial charge is 0.255 e. The van der Waals surface area contributed by atoms with Gasteiger partial charge in [0.05, 0.1) is 57.3 Å². The van der Waals surface area contributed by atoms with E-state index in [9.17, 15) is 13.2 Å². The largest absolute Gasteiger partial charge is 0.496 e. The number of carbonyl (C=O) groups is 1. The molecule has 0 aliphatic heterocycles. The Morgan fingerprint density at radius 1 is 0.939 bits per heavy atom. The van der Waals surface area contributed by atoms with Crippen LogP contribution in [0.25, 0.3) is 6.08 Å². The van der Waals surface area contributed by atoms with E-state index >= 15 is 0 Å². The van der Waals surface area contributed by atoms with E-state index in [1.807, 2.05) is 0 Å². The number of anilines is 2. The van der Waals surface area contributed by atoms with Crippen LogP contribution in [0.2, 0.25) is 0 Å². The van der Waals surface area contributed by atoms with Gasteiger partial charge in [0.15, 0.2) is 0 Å². The van der Waals surface area contributed by atoms with Gasteiger partial charge in [-0.2, -0.15) is 0 Å². The Hall–Kier alpha value is -3.44. The Morgan fingerprint density at radius 2 is 1.55 bits per heavy atom. The van der Waals surface area contributed by atoms with E-state index in [0.717, 1.165) is 5.41 Å². The third kappa shape index (κ3) is 7.29. The lowest BCUT2D eigenvalue weighted by Gasteiger charge is -2.14. The first-order valence-corrected chi connectivity index (χ1v) is 11.3. The van der Waals surface area contributed by atoms with Gasteiger partial charge in [0, 0.05) is 12.1 Å². The normalized spacial score (nSPS) is 11.4. The predicted molar refractivity (Wildman–Crippen MR) is 128 cm³/mol. The van der Waals surface area contributed by atoms with Crippen LogP contribution < -0.4 is 29.0 Å². The quantitative estimate of drug-likeness (QED) is 0.505. The van der Waals surface area contributed by atoms with E-state index < -0.39 is 10.0 Å². The number of methoxy groups -OCH3 is 4. The first-order valence-electron chi connectivity index (χ1n) is 9.76. The molecule has 0 saturated carbocycles. The maximum absolute atomic E-state index is 12.7. The summed E-state index contributed by atoms with van der Waals surface area (Å²) in [7, 11) is 5.49. The molecular weight excluding hydrogens is 450 g/mol. The monoisotopic (exact) mass is 479 g/mol. The fourth-order valence-electron chi connectivity index (χ4n) is 2.90. The average molecular weight is 480 g/mol. The molecule has 0 spiro atoms. The summed E-state index contributed by atoms with van der Waals surface area (Å²) in [6.07, 6.45) is 1.36. The van der Waals surface area contributed by atoms with E-state index in [2.05, 4.69) is 10.0 Å². The fraction of sp³-hybridized carbons (Fsp3) is 0.318. The number of amides is 1. The summed E-state index contributed by atoms with van der Waals surface area (Å²) in [5.41, 5.74) is 1.01. The highest BCUT2D eigenvalue weighted by atomic mass is 32.2. The van der Waals surface area contributed by atoms with Crippen LogP contribution in [0.3, 0.4) is 0 Å². The number of sulfonamides is 1. The molecule has 2 aromatic rings. The number of carbonyl (C=O) groups excluding carboxylic acids is 1. The average Bonchev–Trinajstić information content (AvgIpc) is 2.76. The van der Waals surface area contributed by atoms with E-state index in [4.69, 9.17) is 18.9 Å². The van der Waals surface area contributed by atoms with Gasteiger partial charge < -0.3 is 29.2 Å². The lowest BCUT2D eigenvalue weighted by molar-refractivity contribution is -0.116. The van der Waals surface area contributed by atoms with Crippen LogP contribution >= 0.6 is 0 Å². The van der Waals surface area contributed by atoms with Crippen LogP contribution in [-0.2, 0) is 14.8 Å². The molecule has 0 aromatic heterocycles. The molecule has 0 unspecified atom stereocenters. The van der Waals surface area contributed by atoms with Gasteiger partial charge >= 0.3 is 0 Å². The minimum Gasteiger partial charge on any atom is -0.496 e. The van der Waals surface area contributed by atoms with Crippen molar-refractivity contribution in [2.75, 3.05) is 59.1 Å². The van der Waals surface area contributed by atoms with Crippen molar-refractivity contribution < 1.29 is 32.2 Å².